The molecule has 3 fully saturated rings. The molecule has 7 aliphatic rings. The summed E-state index contributed by atoms with van der Waals surface area (Å²) in [6.45, 7) is 20.3. The van der Waals surface area contributed by atoms with Crippen LogP contribution in [0.25, 0.3) is 5.57 Å². The van der Waals surface area contributed by atoms with Crippen molar-refractivity contribution in [1.29, 1.82) is 0 Å². The molecule has 0 aromatic heterocycles. The Morgan fingerprint density at radius 1 is 0.780 bits per heavy atom. The van der Waals surface area contributed by atoms with E-state index in [4.69, 9.17) is 0 Å². The van der Waals surface area contributed by atoms with Crippen LogP contribution in [0.15, 0.2) is 71.4 Å². The molecule has 0 nitrogen and oxygen atoms in total. The Hall–Kier alpha value is -0.877. The van der Waals surface area contributed by atoms with Gasteiger partial charge in [0.05, 0.1) is 0 Å². The SMILES string of the molecule is C[C-]1C2=C3Cc4ccccc4C3=C3C=CCCC3C2(C)C(C)(C)C(C)(C)C1(C)C.[C-]1=CC=CC1.[Cl-].[Cl-].[Zr+2]=[C](C1CCCCC1)C1CCCCC1. The number of hydrogen-bond acceptors (Lipinski definition) is 0. The second-order valence-electron chi connectivity index (χ2n) is 17.9. The Bertz CT molecular complexity index is 1490. The molecule has 1 aromatic rings. The van der Waals surface area contributed by atoms with Crippen LogP contribution in [0.2, 0.25) is 0 Å². The predicted octanol–water partition coefficient (Wildman–Crippen LogP) is 7.15. The van der Waals surface area contributed by atoms with Crippen LogP contribution in [0.4, 0.5) is 0 Å². The molecule has 2 unspecified atom stereocenters. The van der Waals surface area contributed by atoms with E-state index in [0.29, 0.717) is 5.92 Å². The minimum atomic E-state index is 0. The van der Waals surface area contributed by atoms with Gasteiger partial charge in [-0.2, -0.15) is 17.2 Å². The first-order valence-corrected chi connectivity index (χ1v) is 21.0. The molecule has 0 heterocycles. The number of hydrogen-bond donors (Lipinski definition) is 0. The van der Waals surface area contributed by atoms with Crippen LogP contribution in [0, 0.1) is 51.4 Å². The first-order valence-electron chi connectivity index (χ1n) is 19.7. The third-order valence-corrected chi connectivity index (χ3v) is 17.5. The van der Waals surface area contributed by atoms with Gasteiger partial charge in [0.25, 0.3) is 0 Å². The molecule has 0 saturated heterocycles. The number of benzene rings is 1. The van der Waals surface area contributed by atoms with Crippen molar-refractivity contribution in [2.75, 3.05) is 0 Å². The zero-order valence-corrected chi connectivity index (χ0v) is 36.6. The average molecular weight is 791 g/mol. The van der Waals surface area contributed by atoms with Gasteiger partial charge in [0.15, 0.2) is 0 Å². The molecule has 0 N–H and O–H groups in total. The summed E-state index contributed by atoms with van der Waals surface area (Å²) < 4.78 is 1.97. The van der Waals surface area contributed by atoms with E-state index in [9.17, 15) is 0 Å². The Morgan fingerprint density at radius 2 is 1.38 bits per heavy atom. The van der Waals surface area contributed by atoms with Crippen LogP contribution in [0.5, 0.6) is 0 Å². The zero-order chi connectivity index (χ0) is 34.3. The van der Waals surface area contributed by atoms with Gasteiger partial charge in [-0.15, -0.1) is 13.3 Å². The molecule has 7 aliphatic carbocycles. The summed E-state index contributed by atoms with van der Waals surface area (Å²) >= 11 is 1.77. The quantitative estimate of drug-likeness (QED) is 0.280. The van der Waals surface area contributed by atoms with Gasteiger partial charge in [-0.3, -0.25) is 6.08 Å². The molecule has 0 aliphatic heterocycles. The van der Waals surface area contributed by atoms with E-state index >= 15 is 0 Å². The molecule has 272 valence electrons. The summed E-state index contributed by atoms with van der Waals surface area (Å²) in [5, 5.41) is 0. The van der Waals surface area contributed by atoms with Gasteiger partial charge < -0.3 is 24.8 Å². The van der Waals surface area contributed by atoms with E-state index in [-0.39, 0.29) is 46.5 Å². The molecule has 3 heteroatoms. The fraction of sp³-hybridized carbons (Fsp3) is 0.617. The standard InChI is InChI=1S/C29H37.C13H22.C5H5.2ClH.Zr/c1-18-25-22-17-19-13-9-10-14-20(19)24(22)21-15-11-12-16-23(21)29(25,8)28(6,7)27(4,5)26(18,2)3;1-3-7-12(8-4-1)11-13-9-5-2-6-10-13;1-2-4-5-3-1;;;/h9-11,13-15,23H,12,16-17H2,1-8H3;12-13H,1-10H2;1-3H,4H2;2*1H;/q-1;;-1;;;+2/p-2. The van der Waals surface area contributed by atoms with Crippen molar-refractivity contribution in [2.24, 2.45) is 39.4 Å². The maximum absolute atomic E-state index is 2.99. The summed E-state index contributed by atoms with van der Waals surface area (Å²) in [6, 6.07) is 9.16. The second kappa shape index (κ2) is 16.6. The van der Waals surface area contributed by atoms with Crippen molar-refractivity contribution in [3.63, 3.8) is 0 Å². The van der Waals surface area contributed by atoms with Gasteiger partial charge in [0, 0.05) is 0 Å². The Kier molecular flexibility index (Phi) is 13.9. The molecule has 50 heavy (non-hydrogen) atoms. The fourth-order valence-electron chi connectivity index (χ4n) is 11.1. The van der Waals surface area contributed by atoms with Crippen molar-refractivity contribution < 1.29 is 49.0 Å². The van der Waals surface area contributed by atoms with Gasteiger partial charge in [-0.05, 0) is 40.6 Å². The van der Waals surface area contributed by atoms with Crippen molar-refractivity contribution in [2.45, 2.75) is 145 Å². The van der Waals surface area contributed by atoms with E-state index in [2.05, 4.69) is 104 Å². The van der Waals surface area contributed by atoms with Gasteiger partial charge in [0.1, 0.15) is 0 Å². The second-order valence-corrected chi connectivity index (χ2v) is 19.3. The zero-order valence-electron chi connectivity index (χ0n) is 32.6. The summed E-state index contributed by atoms with van der Waals surface area (Å²) in [6.07, 6.45) is 33.6. The monoisotopic (exact) mass is 788 g/mol. The number of fused-ring (bicyclic) bond motifs is 6. The Labute approximate surface area is 334 Å². The van der Waals surface area contributed by atoms with E-state index in [1.165, 1.54) is 88.2 Å². The first kappa shape index (κ1) is 41.9. The van der Waals surface area contributed by atoms with Crippen molar-refractivity contribution in [3.8, 4) is 0 Å². The van der Waals surface area contributed by atoms with Crippen molar-refractivity contribution in [1.82, 2.24) is 0 Å². The predicted molar refractivity (Wildman–Crippen MR) is 204 cm³/mol. The fourth-order valence-corrected chi connectivity index (χ4v) is 12.5. The summed E-state index contributed by atoms with van der Waals surface area (Å²) in [7, 11) is 0. The van der Waals surface area contributed by atoms with Crippen LogP contribution in [-0.2, 0) is 30.7 Å². The van der Waals surface area contributed by atoms with E-state index < -0.39 is 0 Å². The normalized spacial score (nSPS) is 28.4. The van der Waals surface area contributed by atoms with E-state index in [1.54, 1.807) is 52.4 Å². The van der Waals surface area contributed by atoms with Crippen LogP contribution >= 0.6 is 0 Å². The first-order chi connectivity index (χ1) is 22.9. The molecular formula is C47H64Cl2Zr-2. The maximum atomic E-state index is 2.99. The Morgan fingerprint density at radius 3 is 1.92 bits per heavy atom. The van der Waals surface area contributed by atoms with E-state index in [1.807, 2.05) is 15.4 Å². The van der Waals surface area contributed by atoms with Crippen LogP contribution < -0.4 is 24.8 Å². The third-order valence-electron chi connectivity index (χ3n) is 15.5. The molecule has 0 amide bonds. The van der Waals surface area contributed by atoms with Crippen molar-refractivity contribution in [3.05, 3.63) is 94.5 Å². The molecule has 0 bridgehead atoms. The summed E-state index contributed by atoms with van der Waals surface area (Å²) in [5.41, 5.74) is 10.3. The molecule has 2 atom stereocenters. The molecule has 0 spiro atoms. The Balaban J connectivity index is 0.000000223. The molecule has 0 radical (unpaired) electrons. The van der Waals surface area contributed by atoms with Crippen LogP contribution in [0.1, 0.15) is 150 Å². The molecule has 3 saturated carbocycles. The molecule has 8 rings (SSSR count). The van der Waals surface area contributed by atoms with Crippen LogP contribution in [0.3, 0.4) is 0 Å². The average Bonchev–Trinajstić information content (AvgIpc) is 3.81. The van der Waals surface area contributed by atoms with Gasteiger partial charge >= 0.3 is 103 Å². The molecule has 1 aromatic carbocycles. The summed E-state index contributed by atoms with van der Waals surface area (Å²) in [5.74, 6) is 4.33. The number of halogens is 2. The van der Waals surface area contributed by atoms with Gasteiger partial charge in [0.2, 0.25) is 0 Å². The summed E-state index contributed by atoms with van der Waals surface area (Å²) in [4.78, 5) is 0. The minimum absolute atomic E-state index is 0. The molecular weight excluding hydrogens is 727 g/mol. The number of allylic oxidation sites excluding steroid dienone is 10. The van der Waals surface area contributed by atoms with Crippen LogP contribution in [-0.4, -0.2) is 3.21 Å². The van der Waals surface area contributed by atoms with E-state index in [0.717, 1.165) is 24.7 Å². The van der Waals surface area contributed by atoms with Gasteiger partial charge in [-0.1, -0.05) is 113 Å². The van der Waals surface area contributed by atoms with Gasteiger partial charge in [-0.25, -0.2) is 18.1 Å². The van der Waals surface area contributed by atoms with Crippen molar-refractivity contribution >= 4 is 8.78 Å². The number of rotatable bonds is 2. The third kappa shape index (κ3) is 7.06. The topological polar surface area (TPSA) is 0 Å².